The fraction of sp³-hybridized carbons (Fsp3) is 0.524. The molecule has 0 saturated carbocycles. The molecule has 1 aliphatic rings. The predicted octanol–water partition coefficient (Wildman–Crippen LogP) is 3.12. The number of benzene rings is 1. The van der Waals surface area contributed by atoms with Gasteiger partial charge in [0, 0.05) is 6.54 Å². The van der Waals surface area contributed by atoms with Crippen molar-refractivity contribution in [1.82, 2.24) is 4.57 Å². The highest BCUT2D eigenvalue weighted by Crippen LogP contribution is 2.28. The molecule has 0 atom stereocenters. The van der Waals surface area contributed by atoms with Crippen molar-refractivity contribution in [2.45, 2.75) is 52.0 Å². The molecule has 0 amide bonds. The number of rotatable bonds is 10. The van der Waals surface area contributed by atoms with Crippen molar-refractivity contribution >= 4 is 17.4 Å². The van der Waals surface area contributed by atoms with Crippen LogP contribution in [0.15, 0.2) is 28.0 Å². The van der Waals surface area contributed by atoms with Crippen LogP contribution >= 0.6 is 11.3 Å². The molecule has 5 nitrogen and oxygen atoms in total. The summed E-state index contributed by atoms with van der Waals surface area (Å²) >= 11 is 1.44. The summed E-state index contributed by atoms with van der Waals surface area (Å²) in [4.78, 5) is 17.6. The first-order chi connectivity index (χ1) is 13.2. The van der Waals surface area contributed by atoms with Crippen LogP contribution in [0.1, 0.15) is 51.0 Å². The van der Waals surface area contributed by atoms with Crippen LogP contribution < -0.4 is 24.4 Å². The molecule has 0 unspecified atom stereocenters. The quantitative estimate of drug-likeness (QED) is 0.588. The molecule has 27 heavy (non-hydrogen) atoms. The molecule has 1 aliphatic heterocycles. The van der Waals surface area contributed by atoms with Crippen LogP contribution in [0.4, 0.5) is 0 Å². The van der Waals surface area contributed by atoms with Crippen LogP contribution in [0.3, 0.4) is 0 Å². The van der Waals surface area contributed by atoms with Crippen LogP contribution in [0, 0.1) is 0 Å². The van der Waals surface area contributed by atoms with E-state index in [1.807, 2.05) is 24.3 Å². The number of hydrogen-bond donors (Lipinski definition) is 0. The Morgan fingerprint density at radius 3 is 2.78 bits per heavy atom. The van der Waals surface area contributed by atoms with E-state index < -0.39 is 0 Å². The third-order valence-electron chi connectivity index (χ3n) is 4.70. The minimum atomic E-state index is 0.0404. The van der Waals surface area contributed by atoms with E-state index in [1.54, 1.807) is 11.7 Å². The second-order valence-electron chi connectivity index (χ2n) is 6.76. The molecule has 0 bridgehead atoms. The smallest absolute Gasteiger partial charge is 0.270 e. The summed E-state index contributed by atoms with van der Waals surface area (Å²) in [5.41, 5.74) is 0.968. The Hall–Kier alpha value is -2.08. The van der Waals surface area contributed by atoms with Gasteiger partial charge in [-0.1, -0.05) is 56.4 Å². The van der Waals surface area contributed by atoms with Crippen LogP contribution in [-0.4, -0.2) is 24.8 Å². The average molecular weight is 389 g/mol. The van der Waals surface area contributed by atoms with Crippen molar-refractivity contribution in [2.24, 2.45) is 4.99 Å². The van der Waals surface area contributed by atoms with Crippen molar-refractivity contribution in [1.29, 1.82) is 0 Å². The summed E-state index contributed by atoms with van der Waals surface area (Å²) in [6.45, 7) is 4.33. The van der Waals surface area contributed by atoms with Gasteiger partial charge in [-0.2, -0.15) is 0 Å². The Morgan fingerprint density at radius 1 is 1.19 bits per heavy atom. The zero-order chi connectivity index (χ0) is 19.1. The van der Waals surface area contributed by atoms with E-state index in [2.05, 4.69) is 11.9 Å². The van der Waals surface area contributed by atoms with Crippen molar-refractivity contribution < 1.29 is 9.47 Å². The number of nitrogens with zero attached hydrogens (tertiary/aromatic N) is 2. The fourth-order valence-corrected chi connectivity index (χ4v) is 4.21. The Kier molecular flexibility index (Phi) is 7.10. The molecule has 3 rings (SSSR count). The van der Waals surface area contributed by atoms with Crippen molar-refractivity contribution in [3.8, 4) is 11.5 Å². The predicted molar refractivity (Wildman–Crippen MR) is 110 cm³/mol. The summed E-state index contributed by atoms with van der Waals surface area (Å²) in [5, 5.41) is 0. The zero-order valence-corrected chi connectivity index (χ0v) is 17.0. The number of hydrogen-bond acceptors (Lipinski definition) is 5. The molecule has 0 spiro atoms. The van der Waals surface area contributed by atoms with Gasteiger partial charge in [0.25, 0.3) is 5.56 Å². The minimum Gasteiger partial charge on any atom is -0.493 e. The first-order valence-corrected chi connectivity index (χ1v) is 10.6. The molecule has 0 saturated heterocycles. The molecule has 2 heterocycles. The van der Waals surface area contributed by atoms with E-state index in [0.717, 1.165) is 22.5 Å². The molecule has 0 N–H and O–H groups in total. The van der Waals surface area contributed by atoms with E-state index in [4.69, 9.17) is 9.47 Å². The van der Waals surface area contributed by atoms with E-state index in [0.29, 0.717) is 30.0 Å². The van der Waals surface area contributed by atoms with Gasteiger partial charge in [0.15, 0.2) is 16.3 Å². The third-order valence-corrected chi connectivity index (χ3v) is 5.74. The Balaban J connectivity index is 1.65. The van der Waals surface area contributed by atoms with Crippen molar-refractivity contribution in [2.75, 3.05) is 20.3 Å². The van der Waals surface area contributed by atoms with E-state index in [-0.39, 0.29) is 5.56 Å². The van der Waals surface area contributed by atoms with Crippen molar-refractivity contribution in [3.05, 3.63) is 43.5 Å². The van der Waals surface area contributed by atoms with Gasteiger partial charge < -0.3 is 9.47 Å². The molecule has 2 aromatic rings. The maximum Gasteiger partial charge on any atom is 0.270 e. The lowest BCUT2D eigenvalue weighted by atomic mass is 10.1. The lowest BCUT2D eigenvalue weighted by molar-refractivity contribution is 0.284. The summed E-state index contributed by atoms with van der Waals surface area (Å²) in [6.07, 6.45) is 9.32. The second kappa shape index (κ2) is 9.74. The van der Waals surface area contributed by atoms with Gasteiger partial charge in [0.1, 0.15) is 0 Å². The molecule has 0 aliphatic carbocycles. The lowest BCUT2D eigenvalue weighted by Gasteiger charge is -2.11. The molecular formula is C21H28N2O3S. The summed E-state index contributed by atoms with van der Waals surface area (Å²) in [7, 11) is 1.64. The van der Waals surface area contributed by atoms with Crippen LogP contribution in [0.2, 0.25) is 0 Å². The van der Waals surface area contributed by atoms with Gasteiger partial charge in [-0.25, -0.2) is 0 Å². The van der Waals surface area contributed by atoms with Crippen molar-refractivity contribution in [3.63, 3.8) is 0 Å². The minimum absolute atomic E-state index is 0.0404. The number of aromatic nitrogens is 1. The number of unbranched alkanes of at least 4 members (excludes halogenated alkanes) is 5. The first-order valence-electron chi connectivity index (χ1n) is 9.79. The van der Waals surface area contributed by atoms with E-state index in [9.17, 15) is 4.79 Å². The lowest BCUT2D eigenvalue weighted by Crippen LogP contribution is -2.29. The SMILES string of the molecule is CCCCCCCCOc1ccc(/C=c2\sc3n(c2=O)CCN=3)cc1OC. The molecule has 1 aromatic carbocycles. The highest BCUT2D eigenvalue weighted by Gasteiger charge is 2.10. The standard InChI is InChI=1S/C21H28N2O3S/c1-3-4-5-6-7-8-13-26-17-10-9-16(14-18(17)25-2)15-19-20(24)23-12-11-22-21(23)27-19/h9-10,14-15H,3-8,11-13H2,1-2H3/b19-15-. The van der Waals surface area contributed by atoms with Crippen LogP contribution in [0.5, 0.6) is 11.5 Å². The molecule has 6 heteroatoms. The topological polar surface area (TPSA) is 52.8 Å². The van der Waals surface area contributed by atoms with E-state index >= 15 is 0 Å². The molecular weight excluding hydrogens is 360 g/mol. The van der Waals surface area contributed by atoms with Crippen LogP contribution in [0.25, 0.3) is 6.08 Å². The zero-order valence-electron chi connectivity index (χ0n) is 16.2. The number of ether oxygens (including phenoxy) is 2. The first kappa shape index (κ1) is 19.7. The maximum absolute atomic E-state index is 12.4. The Morgan fingerprint density at radius 2 is 2.00 bits per heavy atom. The second-order valence-corrected chi connectivity index (χ2v) is 7.77. The number of thiazole rings is 1. The van der Waals surface area contributed by atoms with Gasteiger partial charge >= 0.3 is 0 Å². The largest absolute Gasteiger partial charge is 0.493 e. The highest BCUT2D eigenvalue weighted by atomic mass is 32.1. The summed E-state index contributed by atoms with van der Waals surface area (Å²) in [5.74, 6) is 1.45. The molecule has 0 fully saturated rings. The van der Waals surface area contributed by atoms with Gasteiger partial charge in [0.05, 0.1) is 24.8 Å². The third kappa shape index (κ3) is 5.01. The molecule has 146 valence electrons. The fourth-order valence-electron chi connectivity index (χ4n) is 3.18. The van der Waals surface area contributed by atoms with Gasteiger partial charge in [-0.05, 0) is 30.2 Å². The monoisotopic (exact) mass is 388 g/mol. The summed E-state index contributed by atoms with van der Waals surface area (Å²) < 4.78 is 13.8. The molecule has 0 radical (unpaired) electrons. The normalized spacial score (nSPS) is 13.5. The highest BCUT2D eigenvalue weighted by molar-refractivity contribution is 7.07. The summed E-state index contributed by atoms with van der Waals surface area (Å²) in [6, 6.07) is 5.80. The van der Waals surface area contributed by atoms with E-state index in [1.165, 1.54) is 43.4 Å². The molecule has 1 aromatic heterocycles. The van der Waals surface area contributed by atoms with Gasteiger partial charge in [-0.3, -0.25) is 14.4 Å². The Bertz CT molecular complexity index is 930. The number of methoxy groups -OCH3 is 1. The Labute approximate surface area is 164 Å². The maximum atomic E-state index is 12.4. The average Bonchev–Trinajstić information content (AvgIpc) is 3.25. The van der Waals surface area contributed by atoms with Gasteiger partial charge in [-0.15, -0.1) is 0 Å². The van der Waals surface area contributed by atoms with Crippen LogP contribution in [-0.2, 0) is 6.54 Å². The van der Waals surface area contributed by atoms with Gasteiger partial charge in [0.2, 0.25) is 0 Å². The number of fused-ring (bicyclic) bond motifs is 1.